The van der Waals surface area contributed by atoms with E-state index in [1.807, 2.05) is 0 Å². The van der Waals surface area contributed by atoms with Gasteiger partial charge in [-0.3, -0.25) is 15.6 Å². The summed E-state index contributed by atoms with van der Waals surface area (Å²) in [7, 11) is 0. The van der Waals surface area contributed by atoms with Crippen molar-refractivity contribution in [3.05, 3.63) is 52.5 Å². The number of halogens is 2. The molecule has 98 valence electrons. The molecule has 0 saturated heterocycles. The van der Waals surface area contributed by atoms with Crippen LogP contribution in [0.4, 0.5) is 15.8 Å². The fourth-order valence-electron chi connectivity index (χ4n) is 1.49. The average Bonchev–Trinajstić information content (AvgIpc) is 2.42. The number of hydrazine groups is 1. The van der Waals surface area contributed by atoms with E-state index in [0.717, 1.165) is 0 Å². The van der Waals surface area contributed by atoms with Crippen molar-refractivity contribution in [2.24, 2.45) is 5.84 Å². The smallest absolute Gasteiger partial charge is 0.257 e. The number of pyridine rings is 1. The quantitative estimate of drug-likeness (QED) is 0.598. The van der Waals surface area contributed by atoms with Gasteiger partial charge in [-0.25, -0.2) is 4.39 Å². The molecule has 0 bridgehead atoms. The summed E-state index contributed by atoms with van der Waals surface area (Å²) in [5, 5.41) is 2.59. The lowest BCUT2D eigenvalue weighted by Gasteiger charge is -2.10. The Hall–Kier alpha value is -1.99. The fraction of sp³-hybridized carbons (Fsp3) is 0. The van der Waals surface area contributed by atoms with Crippen molar-refractivity contribution < 1.29 is 9.18 Å². The van der Waals surface area contributed by atoms with Crippen LogP contribution in [0.5, 0.6) is 0 Å². The van der Waals surface area contributed by atoms with Gasteiger partial charge in [0.05, 0.1) is 23.1 Å². The van der Waals surface area contributed by atoms with Crippen LogP contribution in [-0.4, -0.2) is 10.9 Å². The minimum atomic E-state index is -0.439. The summed E-state index contributed by atoms with van der Waals surface area (Å²) in [6.45, 7) is 0. The molecule has 1 amide bonds. The molecule has 1 heterocycles. The van der Waals surface area contributed by atoms with Gasteiger partial charge in [-0.15, -0.1) is 0 Å². The molecule has 2 rings (SSSR count). The third-order valence-corrected chi connectivity index (χ3v) is 3.09. The van der Waals surface area contributed by atoms with E-state index in [1.54, 1.807) is 0 Å². The standard InChI is InChI=1S/C12H10BrFN4O/c13-9-2-1-7(14)5-10(9)17-12(19)8-3-4-16-6-11(8)18-15/h1-6,18H,15H2,(H,17,19). The van der Waals surface area contributed by atoms with Crippen molar-refractivity contribution in [1.82, 2.24) is 4.98 Å². The fourth-order valence-corrected chi connectivity index (χ4v) is 1.84. The highest BCUT2D eigenvalue weighted by Gasteiger charge is 2.12. The van der Waals surface area contributed by atoms with Gasteiger partial charge in [0.2, 0.25) is 0 Å². The molecular formula is C12H10BrFN4O. The maximum Gasteiger partial charge on any atom is 0.257 e. The molecule has 0 spiro atoms. The molecule has 1 aromatic carbocycles. The number of anilines is 2. The van der Waals surface area contributed by atoms with Gasteiger partial charge in [0.1, 0.15) is 5.82 Å². The number of carbonyl (C=O) groups excluding carboxylic acids is 1. The minimum Gasteiger partial charge on any atom is -0.322 e. The van der Waals surface area contributed by atoms with Crippen LogP contribution in [-0.2, 0) is 0 Å². The van der Waals surface area contributed by atoms with Gasteiger partial charge in [-0.1, -0.05) is 0 Å². The van der Waals surface area contributed by atoms with Crippen molar-refractivity contribution >= 4 is 33.2 Å². The first-order chi connectivity index (χ1) is 9.11. The summed E-state index contributed by atoms with van der Waals surface area (Å²) in [6.07, 6.45) is 2.89. The lowest BCUT2D eigenvalue weighted by atomic mass is 10.2. The topological polar surface area (TPSA) is 80.0 Å². The highest BCUT2D eigenvalue weighted by molar-refractivity contribution is 9.10. The third-order valence-electron chi connectivity index (χ3n) is 2.40. The Morgan fingerprint density at radius 1 is 1.32 bits per heavy atom. The molecule has 5 nitrogen and oxygen atoms in total. The summed E-state index contributed by atoms with van der Waals surface area (Å²) < 4.78 is 13.7. The Bertz CT molecular complexity index is 620. The predicted octanol–water partition coefficient (Wildman–Crippen LogP) is 2.52. The second kappa shape index (κ2) is 5.77. The Morgan fingerprint density at radius 2 is 2.11 bits per heavy atom. The first-order valence-electron chi connectivity index (χ1n) is 5.29. The lowest BCUT2D eigenvalue weighted by Crippen LogP contribution is -2.17. The summed E-state index contributed by atoms with van der Waals surface area (Å²) >= 11 is 3.23. The van der Waals surface area contributed by atoms with E-state index in [4.69, 9.17) is 5.84 Å². The molecule has 0 saturated carbocycles. The Morgan fingerprint density at radius 3 is 2.84 bits per heavy atom. The third kappa shape index (κ3) is 3.07. The van der Waals surface area contributed by atoms with Crippen molar-refractivity contribution in [2.45, 2.75) is 0 Å². The first-order valence-corrected chi connectivity index (χ1v) is 6.08. The maximum atomic E-state index is 13.1. The van der Waals surface area contributed by atoms with Gasteiger partial charge in [0.15, 0.2) is 0 Å². The van der Waals surface area contributed by atoms with Crippen LogP contribution in [0.25, 0.3) is 0 Å². The van der Waals surface area contributed by atoms with E-state index in [0.29, 0.717) is 21.4 Å². The molecule has 0 radical (unpaired) electrons. The molecule has 0 unspecified atom stereocenters. The summed E-state index contributed by atoms with van der Waals surface area (Å²) in [5.41, 5.74) is 3.41. The molecule has 0 aliphatic carbocycles. The number of nitrogens with two attached hydrogens (primary N) is 1. The van der Waals surface area contributed by atoms with E-state index in [1.165, 1.54) is 36.7 Å². The second-order valence-corrected chi connectivity index (χ2v) is 4.50. The number of amides is 1. The highest BCUT2D eigenvalue weighted by atomic mass is 79.9. The Kier molecular flexibility index (Phi) is 4.08. The molecule has 1 aromatic heterocycles. The number of carbonyl (C=O) groups is 1. The van der Waals surface area contributed by atoms with Crippen LogP contribution in [0.15, 0.2) is 41.1 Å². The zero-order chi connectivity index (χ0) is 13.8. The molecular weight excluding hydrogens is 315 g/mol. The zero-order valence-electron chi connectivity index (χ0n) is 9.65. The monoisotopic (exact) mass is 324 g/mol. The predicted molar refractivity (Wildman–Crippen MR) is 74.1 cm³/mol. The summed E-state index contributed by atoms with van der Waals surface area (Å²) in [6, 6.07) is 5.54. The number of aromatic nitrogens is 1. The van der Waals surface area contributed by atoms with Gasteiger partial charge in [-0.2, -0.15) is 0 Å². The van der Waals surface area contributed by atoms with Gasteiger partial charge in [0, 0.05) is 10.7 Å². The van der Waals surface area contributed by atoms with Gasteiger partial charge < -0.3 is 10.7 Å². The van der Waals surface area contributed by atoms with Crippen LogP contribution < -0.4 is 16.6 Å². The van der Waals surface area contributed by atoms with Crippen LogP contribution in [0, 0.1) is 5.82 Å². The largest absolute Gasteiger partial charge is 0.322 e. The number of rotatable bonds is 3. The number of hydrogen-bond donors (Lipinski definition) is 3. The number of nitrogens with zero attached hydrogens (tertiary/aromatic N) is 1. The summed E-state index contributed by atoms with van der Waals surface area (Å²) in [4.78, 5) is 15.9. The van der Waals surface area contributed by atoms with E-state index in [2.05, 4.69) is 31.7 Å². The van der Waals surface area contributed by atoms with Crippen molar-refractivity contribution in [3.63, 3.8) is 0 Å². The van der Waals surface area contributed by atoms with E-state index < -0.39 is 11.7 Å². The Labute approximate surface area is 117 Å². The van der Waals surface area contributed by atoms with Crippen molar-refractivity contribution in [3.8, 4) is 0 Å². The van der Waals surface area contributed by atoms with Crippen LogP contribution in [0.1, 0.15) is 10.4 Å². The number of benzene rings is 1. The minimum absolute atomic E-state index is 0.314. The van der Waals surface area contributed by atoms with Crippen molar-refractivity contribution in [2.75, 3.05) is 10.7 Å². The van der Waals surface area contributed by atoms with E-state index in [-0.39, 0.29) is 0 Å². The van der Waals surface area contributed by atoms with Gasteiger partial charge >= 0.3 is 0 Å². The molecule has 4 N–H and O–H groups in total. The molecule has 7 heteroatoms. The van der Waals surface area contributed by atoms with E-state index >= 15 is 0 Å². The zero-order valence-corrected chi connectivity index (χ0v) is 11.2. The second-order valence-electron chi connectivity index (χ2n) is 3.64. The lowest BCUT2D eigenvalue weighted by molar-refractivity contribution is 0.102. The van der Waals surface area contributed by atoms with Crippen molar-refractivity contribution in [1.29, 1.82) is 0 Å². The molecule has 0 aliphatic heterocycles. The Balaban J connectivity index is 2.28. The van der Waals surface area contributed by atoms with E-state index in [9.17, 15) is 9.18 Å². The number of hydrogen-bond acceptors (Lipinski definition) is 4. The molecule has 0 atom stereocenters. The van der Waals surface area contributed by atoms with Crippen LogP contribution >= 0.6 is 15.9 Å². The molecule has 0 aliphatic rings. The van der Waals surface area contributed by atoms with Gasteiger partial charge in [0.25, 0.3) is 5.91 Å². The average molecular weight is 325 g/mol. The number of nitrogens with one attached hydrogen (secondary N) is 2. The van der Waals surface area contributed by atoms with Crippen LogP contribution in [0.2, 0.25) is 0 Å². The maximum absolute atomic E-state index is 13.1. The highest BCUT2D eigenvalue weighted by Crippen LogP contribution is 2.24. The molecule has 0 fully saturated rings. The van der Waals surface area contributed by atoms with Gasteiger partial charge in [-0.05, 0) is 40.2 Å². The molecule has 2 aromatic rings. The normalized spacial score (nSPS) is 10.1. The van der Waals surface area contributed by atoms with Crippen LogP contribution in [0.3, 0.4) is 0 Å². The number of nitrogen functional groups attached to an aromatic ring is 1. The first kappa shape index (κ1) is 13.4. The SMILES string of the molecule is NNc1cnccc1C(=O)Nc1cc(F)ccc1Br. The molecule has 19 heavy (non-hydrogen) atoms. The summed E-state index contributed by atoms with van der Waals surface area (Å²) in [5.74, 6) is 4.44.